The first-order valence-electron chi connectivity index (χ1n) is 6.87. The van der Waals surface area contributed by atoms with E-state index >= 15 is 0 Å². The van der Waals surface area contributed by atoms with Crippen LogP contribution in [-0.4, -0.2) is 46.4 Å². The molecule has 1 aliphatic carbocycles. The predicted octanol–water partition coefficient (Wildman–Crippen LogP) is 0.493. The number of carbonyl (C=O) groups excluding carboxylic acids is 1. The van der Waals surface area contributed by atoms with Crippen molar-refractivity contribution in [2.75, 3.05) is 25.5 Å². The van der Waals surface area contributed by atoms with Crippen molar-refractivity contribution in [3.05, 3.63) is 12.4 Å². The fraction of sp³-hybridized carbons (Fsp3) is 0.692. The second-order valence-corrected chi connectivity index (χ2v) is 5.48. The molecule has 2 N–H and O–H groups in total. The first-order chi connectivity index (χ1) is 9.22. The summed E-state index contributed by atoms with van der Waals surface area (Å²) in [5, 5.41) is 4.07. The highest BCUT2D eigenvalue weighted by atomic mass is 16.5. The van der Waals surface area contributed by atoms with Gasteiger partial charge < -0.3 is 15.4 Å². The topological polar surface area (TPSA) is 73.4 Å². The van der Waals surface area contributed by atoms with Crippen molar-refractivity contribution in [3.63, 3.8) is 0 Å². The molecular weight excluding hydrogens is 244 g/mol. The molecule has 6 nitrogen and oxygen atoms in total. The van der Waals surface area contributed by atoms with Gasteiger partial charge in [-0.25, -0.2) is 0 Å². The smallest absolute Gasteiger partial charge is 0.244 e. The summed E-state index contributed by atoms with van der Waals surface area (Å²) in [5.41, 5.74) is 6.20. The molecule has 1 aromatic heterocycles. The molecule has 1 amide bonds. The van der Waals surface area contributed by atoms with Gasteiger partial charge in [0.05, 0.1) is 18.5 Å². The van der Waals surface area contributed by atoms with Crippen LogP contribution in [-0.2, 0) is 16.1 Å². The molecule has 2 fully saturated rings. The lowest BCUT2D eigenvalue weighted by atomic mass is 10.1. The van der Waals surface area contributed by atoms with E-state index in [0.717, 1.165) is 39.0 Å². The summed E-state index contributed by atoms with van der Waals surface area (Å²) in [7, 11) is 0. The molecule has 0 radical (unpaired) electrons. The van der Waals surface area contributed by atoms with Gasteiger partial charge in [-0.05, 0) is 19.3 Å². The van der Waals surface area contributed by atoms with Gasteiger partial charge in [0, 0.05) is 31.3 Å². The van der Waals surface area contributed by atoms with Gasteiger partial charge in [-0.3, -0.25) is 9.48 Å². The molecule has 1 saturated carbocycles. The standard InChI is InChI=1S/C13H20N4O2/c14-11-5-15-16(7-11)8-13(18)17(12-1-2-12)6-10-3-4-19-9-10/h5,7,10,12H,1-4,6,8-9,14H2. The van der Waals surface area contributed by atoms with Crippen LogP contribution in [0.2, 0.25) is 0 Å². The molecule has 1 aliphatic heterocycles. The van der Waals surface area contributed by atoms with Crippen molar-refractivity contribution >= 4 is 11.6 Å². The van der Waals surface area contributed by atoms with Crippen molar-refractivity contribution in [1.29, 1.82) is 0 Å². The Hall–Kier alpha value is -1.56. The highest BCUT2D eigenvalue weighted by Gasteiger charge is 2.34. The van der Waals surface area contributed by atoms with Gasteiger partial charge in [0.1, 0.15) is 6.54 Å². The molecule has 1 aromatic rings. The minimum atomic E-state index is 0.137. The lowest BCUT2D eigenvalue weighted by molar-refractivity contribution is -0.133. The van der Waals surface area contributed by atoms with Gasteiger partial charge in [0.2, 0.25) is 5.91 Å². The third kappa shape index (κ3) is 3.07. The molecule has 0 spiro atoms. The number of ether oxygens (including phenoxy) is 1. The predicted molar refractivity (Wildman–Crippen MR) is 70.3 cm³/mol. The molecule has 1 unspecified atom stereocenters. The van der Waals surface area contributed by atoms with E-state index in [1.807, 2.05) is 4.90 Å². The Kier molecular flexibility index (Phi) is 3.42. The number of hydrogen-bond acceptors (Lipinski definition) is 4. The minimum absolute atomic E-state index is 0.137. The van der Waals surface area contributed by atoms with E-state index in [2.05, 4.69) is 5.10 Å². The van der Waals surface area contributed by atoms with Crippen LogP contribution in [0.5, 0.6) is 0 Å². The van der Waals surface area contributed by atoms with Crippen LogP contribution in [0.15, 0.2) is 12.4 Å². The van der Waals surface area contributed by atoms with E-state index in [1.54, 1.807) is 17.1 Å². The van der Waals surface area contributed by atoms with E-state index in [0.29, 0.717) is 17.6 Å². The maximum absolute atomic E-state index is 12.4. The zero-order valence-corrected chi connectivity index (χ0v) is 11.0. The summed E-state index contributed by atoms with van der Waals surface area (Å²) < 4.78 is 7.00. The Morgan fingerprint density at radius 2 is 2.37 bits per heavy atom. The summed E-state index contributed by atoms with van der Waals surface area (Å²) >= 11 is 0. The lowest BCUT2D eigenvalue weighted by Crippen LogP contribution is -2.39. The molecule has 1 saturated heterocycles. The number of nitrogens with zero attached hydrogens (tertiary/aromatic N) is 3. The first-order valence-corrected chi connectivity index (χ1v) is 6.87. The number of amides is 1. The summed E-state index contributed by atoms with van der Waals surface area (Å²) in [6.45, 7) is 2.71. The molecule has 2 heterocycles. The van der Waals surface area contributed by atoms with Crippen molar-refractivity contribution in [3.8, 4) is 0 Å². The highest BCUT2D eigenvalue weighted by Crippen LogP contribution is 2.29. The fourth-order valence-corrected chi connectivity index (χ4v) is 2.54. The van der Waals surface area contributed by atoms with Gasteiger partial charge >= 0.3 is 0 Å². The number of carbonyl (C=O) groups is 1. The summed E-state index contributed by atoms with van der Waals surface area (Å²) in [6, 6.07) is 0.431. The summed E-state index contributed by atoms with van der Waals surface area (Å²) in [4.78, 5) is 14.4. The van der Waals surface area contributed by atoms with Crippen LogP contribution in [0.1, 0.15) is 19.3 Å². The Morgan fingerprint density at radius 3 is 2.95 bits per heavy atom. The van der Waals surface area contributed by atoms with Crippen LogP contribution in [0, 0.1) is 5.92 Å². The summed E-state index contributed by atoms with van der Waals surface area (Å²) in [5.74, 6) is 0.629. The minimum Gasteiger partial charge on any atom is -0.396 e. The second-order valence-electron chi connectivity index (χ2n) is 5.48. The normalized spacial score (nSPS) is 22.6. The van der Waals surface area contributed by atoms with Gasteiger partial charge in [0.15, 0.2) is 0 Å². The lowest BCUT2D eigenvalue weighted by Gasteiger charge is -2.25. The van der Waals surface area contributed by atoms with Gasteiger partial charge in [-0.1, -0.05) is 0 Å². The molecule has 19 heavy (non-hydrogen) atoms. The van der Waals surface area contributed by atoms with Crippen molar-refractivity contribution in [2.24, 2.45) is 5.92 Å². The number of aromatic nitrogens is 2. The van der Waals surface area contributed by atoms with Crippen LogP contribution >= 0.6 is 0 Å². The van der Waals surface area contributed by atoms with Gasteiger partial charge in [0.25, 0.3) is 0 Å². The quantitative estimate of drug-likeness (QED) is 0.840. The third-order valence-electron chi connectivity index (χ3n) is 3.74. The molecule has 3 rings (SSSR count). The maximum Gasteiger partial charge on any atom is 0.244 e. The van der Waals surface area contributed by atoms with Crippen LogP contribution in [0.3, 0.4) is 0 Å². The SMILES string of the molecule is Nc1cnn(CC(=O)N(CC2CCOC2)C2CC2)c1. The number of nitrogen functional groups attached to an aromatic ring is 1. The monoisotopic (exact) mass is 264 g/mol. The number of hydrogen-bond donors (Lipinski definition) is 1. The molecular formula is C13H20N4O2. The van der Waals surface area contributed by atoms with Crippen molar-refractivity contribution < 1.29 is 9.53 Å². The molecule has 0 aromatic carbocycles. The number of rotatable bonds is 5. The van der Waals surface area contributed by atoms with Gasteiger partial charge in [-0.15, -0.1) is 0 Å². The van der Waals surface area contributed by atoms with Crippen LogP contribution < -0.4 is 5.73 Å². The highest BCUT2D eigenvalue weighted by molar-refractivity contribution is 5.76. The Balaban J connectivity index is 1.60. The first kappa shape index (κ1) is 12.5. The largest absolute Gasteiger partial charge is 0.396 e. The number of nitrogens with two attached hydrogens (primary N) is 1. The third-order valence-corrected chi connectivity index (χ3v) is 3.74. The second kappa shape index (κ2) is 5.21. The zero-order chi connectivity index (χ0) is 13.2. The average Bonchev–Trinajstić information content (AvgIpc) is 2.93. The van der Waals surface area contributed by atoms with E-state index in [9.17, 15) is 4.79 Å². The van der Waals surface area contributed by atoms with Crippen LogP contribution in [0.4, 0.5) is 5.69 Å². The maximum atomic E-state index is 12.4. The zero-order valence-electron chi connectivity index (χ0n) is 11.0. The van der Waals surface area contributed by atoms with E-state index in [1.165, 1.54) is 0 Å². The molecule has 104 valence electrons. The van der Waals surface area contributed by atoms with E-state index < -0.39 is 0 Å². The Labute approximate surface area is 112 Å². The van der Waals surface area contributed by atoms with E-state index in [4.69, 9.17) is 10.5 Å². The van der Waals surface area contributed by atoms with Crippen LogP contribution in [0.25, 0.3) is 0 Å². The number of anilines is 1. The Bertz CT molecular complexity index is 449. The fourth-order valence-electron chi connectivity index (χ4n) is 2.54. The van der Waals surface area contributed by atoms with Crippen molar-refractivity contribution in [2.45, 2.75) is 31.8 Å². The molecule has 2 aliphatic rings. The molecule has 6 heteroatoms. The average molecular weight is 264 g/mol. The van der Waals surface area contributed by atoms with E-state index in [-0.39, 0.29) is 12.5 Å². The van der Waals surface area contributed by atoms with Crippen molar-refractivity contribution in [1.82, 2.24) is 14.7 Å². The Morgan fingerprint density at radius 1 is 1.53 bits per heavy atom. The van der Waals surface area contributed by atoms with Gasteiger partial charge in [-0.2, -0.15) is 5.10 Å². The molecule has 0 bridgehead atoms. The molecule has 1 atom stereocenters. The summed E-state index contributed by atoms with van der Waals surface area (Å²) in [6.07, 6.45) is 6.58.